The van der Waals surface area contributed by atoms with Crippen LogP contribution in [-0.4, -0.2) is 31.7 Å². The van der Waals surface area contributed by atoms with Crippen LogP contribution in [0.4, 0.5) is 0 Å². The highest BCUT2D eigenvalue weighted by Gasteiger charge is 2.33. The summed E-state index contributed by atoms with van der Waals surface area (Å²) in [4.78, 5) is 12.8. The molecule has 0 unspecified atom stereocenters. The van der Waals surface area contributed by atoms with Gasteiger partial charge in [-0.1, -0.05) is 47.5 Å². The SMILES string of the molecule is Cc1ccc(CNC(=O)[C@H]2CCCN(S(=O)(=O)c3ccc(C)cc3)C2)cc1. The zero-order valence-corrected chi connectivity index (χ0v) is 16.6. The molecule has 2 aromatic carbocycles. The highest BCUT2D eigenvalue weighted by molar-refractivity contribution is 7.89. The molecule has 1 aliphatic rings. The van der Waals surface area contributed by atoms with Crippen molar-refractivity contribution in [3.63, 3.8) is 0 Å². The maximum absolute atomic E-state index is 12.9. The summed E-state index contributed by atoms with van der Waals surface area (Å²) in [5.41, 5.74) is 3.23. The minimum atomic E-state index is -3.56. The van der Waals surface area contributed by atoms with Gasteiger partial charge >= 0.3 is 0 Å². The van der Waals surface area contributed by atoms with Gasteiger partial charge in [0.1, 0.15) is 0 Å². The number of hydrogen-bond acceptors (Lipinski definition) is 3. The molecule has 6 heteroatoms. The predicted molar refractivity (Wildman–Crippen MR) is 106 cm³/mol. The lowest BCUT2D eigenvalue weighted by atomic mass is 9.98. The number of benzene rings is 2. The van der Waals surface area contributed by atoms with Crippen molar-refractivity contribution in [2.24, 2.45) is 5.92 Å². The first-order valence-electron chi connectivity index (χ1n) is 9.26. The van der Waals surface area contributed by atoms with Crippen molar-refractivity contribution in [3.05, 3.63) is 65.2 Å². The van der Waals surface area contributed by atoms with Crippen LogP contribution >= 0.6 is 0 Å². The fourth-order valence-electron chi connectivity index (χ4n) is 3.27. The smallest absolute Gasteiger partial charge is 0.243 e. The molecule has 1 atom stereocenters. The molecule has 1 saturated heterocycles. The van der Waals surface area contributed by atoms with Gasteiger partial charge in [-0.05, 0) is 44.4 Å². The van der Waals surface area contributed by atoms with Crippen LogP contribution in [0.1, 0.15) is 29.5 Å². The summed E-state index contributed by atoms with van der Waals surface area (Å²) in [7, 11) is -3.56. The summed E-state index contributed by atoms with van der Waals surface area (Å²) in [5, 5.41) is 2.95. The standard InChI is InChI=1S/C21H26N2O3S/c1-16-5-9-18(10-6-16)14-22-21(24)19-4-3-13-23(15-19)27(25,26)20-11-7-17(2)8-12-20/h5-12,19H,3-4,13-15H2,1-2H3,(H,22,24)/t19-/m0/s1. The van der Waals surface area contributed by atoms with Crippen LogP contribution < -0.4 is 5.32 Å². The maximum Gasteiger partial charge on any atom is 0.243 e. The molecule has 27 heavy (non-hydrogen) atoms. The molecule has 3 rings (SSSR count). The van der Waals surface area contributed by atoms with Gasteiger partial charge in [0.15, 0.2) is 0 Å². The van der Waals surface area contributed by atoms with Crippen molar-refractivity contribution in [1.29, 1.82) is 0 Å². The maximum atomic E-state index is 12.9. The molecule has 1 N–H and O–H groups in total. The fourth-order valence-corrected chi connectivity index (χ4v) is 4.80. The molecule has 0 spiro atoms. The molecule has 0 bridgehead atoms. The van der Waals surface area contributed by atoms with Crippen molar-refractivity contribution in [2.75, 3.05) is 13.1 Å². The predicted octanol–water partition coefficient (Wildman–Crippen LogP) is 3.02. The Hall–Kier alpha value is -2.18. The molecule has 5 nitrogen and oxygen atoms in total. The molecular weight excluding hydrogens is 360 g/mol. The zero-order valence-electron chi connectivity index (χ0n) is 15.8. The van der Waals surface area contributed by atoms with Crippen LogP contribution in [-0.2, 0) is 21.4 Å². The van der Waals surface area contributed by atoms with E-state index in [9.17, 15) is 13.2 Å². The minimum absolute atomic E-state index is 0.0839. The average molecular weight is 387 g/mol. The summed E-state index contributed by atoms with van der Waals surface area (Å²) in [5.74, 6) is -0.399. The molecule has 1 amide bonds. The number of piperidine rings is 1. The third-order valence-electron chi connectivity index (χ3n) is 5.00. The van der Waals surface area contributed by atoms with Gasteiger partial charge in [0.05, 0.1) is 10.8 Å². The van der Waals surface area contributed by atoms with E-state index in [0.29, 0.717) is 25.9 Å². The van der Waals surface area contributed by atoms with Crippen molar-refractivity contribution < 1.29 is 13.2 Å². The molecule has 0 radical (unpaired) electrons. The number of nitrogens with one attached hydrogen (secondary N) is 1. The van der Waals surface area contributed by atoms with E-state index >= 15 is 0 Å². The lowest BCUT2D eigenvalue weighted by Gasteiger charge is -2.31. The van der Waals surface area contributed by atoms with Crippen molar-refractivity contribution >= 4 is 15.9 Å². The van der Waals surface area contributed by atoms with Crippen molar-refractivity contribution in [1.82, 2.24) is 9.62 Å². The van der Waals surface area contributed by atoms with Crippen molar-refractivity contribution in [3.8, 4) is 0 Å². The topological polar surface area (TPSA) is 66.5 Å². The first-order chi connectivity index (χ1) is 12.9. The van der Waals surface area contributed by atoms with E-state index in [1.807, 2.05) is 38.1 Å². The Labute approximate surface area is 161 Å². The van der Waals surface area contributed by atoms with Gasteiger partial charge < -0.3 is 5.32 Å². The van der Waals surface area contributed by atoms with Gasteiger partial charge in [0.2, 0.25) is 15.9 Å². The molecular formula is C21H26N2O3S. The monoisotopic (exact) mass is 386 g/mol. The Morgan fingerprint density at radius 3 is 2.26 bits per heavy atom. The number of aryl methyl sites for hydroxylation is 2. The quantitative estimate of drug-likeness (QED) is 0.859. The second kappa shape index (κ2) is 8.23. The van der Waals surface area contributed by atoms with Crippen molar-refractivity contribution in [2.45, 2.75) is 38.1 Å². The summed E-state index contributed by atoms with van der Waals surface area (Å²) >= 11 is 0. The summed E-state index contributed by atoms with van der Waals surface area (Å²) in [6, 6.07) is 14.9. The van der Waals surface area contributed by atoms with Crippen LogP contribution in [0.3, 0.4) is 0 Å². The Morgan fingerprint density at radius 1 is 1.04 bits per heavy atom. The van der Waals surface area contributed by atoms with E-state index in [0.717, 1.165) is 11.1 Å². The number of amides is 1. The van der Waals surface area contributed by atoms with E-state index in [2.05, 4.69) is 5.32 Å². The number of nitrogens with zero attached hydrogens (tertiary/aromatic N) is 1. The normalized spacial score (nSPS) is 18.2. The first-order valence-corrected chi connectivity index (χ1v) is 10.7. The average Bonchev–Trinajstić information content (AvgIpc) is 2.68. The third-order valence-corrected chi connectivity index (χ3v) is 6.88. The number of carbonyl (C=O) groups is 1. The Bertz CT molecular complexity index is 890. The van der Waals surface area contributed by atoms with Crippen LogP contribution in [0.5, 0.6) is 0 Å². The molecule has 0 aromatic heterocycles. The Morgan fingerprint density at radius 2 is 1.63 bits per heavy atom. The number of sulfonamides is 1. The van der Waals surface area contributed by atoms with Crippen LogP contribution in [0.15, 0.2) is 53.4 Å². The van der Waals surface area contributed by atoms with E-state index in [4.69, 9.17) is 0 Å². The first kappa shape index (κ1) is 19.6. The lowest BCUT2D eigenvalue weighted by molar-refractivity contribution is -0.126. The lowest BCUT2D eigenvalue weighted by Crippen LogP contribution is -2.45. The fraction of sp³-hybridized carbons (Fsp3) is 0.381. The number of rotatable bonds is 5. The largest absolute Gasteiger partial charge is 0.352 e. The zero-order chi connectivity index (χ0) is 19.4. The van der Waals surface area contributed by atoms with Crippen LogP contribution in [0, 0.1) is 19.8 Å². The summed E-state index contributed by atoms with van der Waals surface area (Å²) < 4.78 is 27.2. The Kier molecular flexibility index (Phi) is 5.97. The second-order valence-corrected chi connectivity index (χ2v) is 9.16. The van der Waals surface area contributed by atoms with Gasteiger partial charge in [0, 0.05) is 19.6 Å². The molecule has 144 valence electrons. The van der Waals surface area contributed by atoms with Gasteiger partial charge in [-0.15, -0.1) is 0 Å². The molecule has 1 fully saturated rings. The van der Waals surface area contributed by atoms with E-state index in [-0.39, 0.29) is 23.3 Å². The molecule has 0 aliphatic carbocycles. The van der Waals surface area contributed by atoms with Crippen LogP contribution in [0.25, 0.3) is 0 Å². The highest BCUT2D eigenvalue weighted by Crippen LogP contribution is 2.24. The third kappa shape index (κ3) is 4.76. The number of hydrogen-bond donors (Lipinski definition) is 1. The van der Waals surface area contributed by atoms with Gasteiger partial charge in [-0.3, -0.25) is 4.79 Å². The van der Waals surface area contributed by atoms with E-state index in [1.54, 1.807) is 24.3 Å². The van der Waals surface area contributed by atoms with Gasteiger partial charge in [0.25, 0.3) is 0 Å². The molecule has 1 heterocycles. The molecule has 0 saturated carbocycles. The van der Waals surface area contributed by atoms with Crippen LogP contribution in [0.2, 0.25) is 0 Å². The summed E-state index contributed by atoms with van der Waals surface area (Å²) in [6.45, 7) is 5.09. The Balaban J connectivity index is 1.63. The van der Waals surface area contributed by atoms with E-state index in [1.165, 1.54) is 9.87 Å². The van der Waals surface area contributed by atoms with E-state index < -0.39 is 10.0 Å². The second-order valence-electron chi connectivity index (χ2n) is 7.22. The van der Waals surface area contributed by atoms with Gasteiger partial charge in [-0.2, -0.15) is 4.31 Å². The number of carbonyl (C=O) groups excluding carboxylic acids is 1. The van der Waals surface area contributed by atoms with Gasteiger partial charge in [-0.25, -0.2) is 8.42 Å². The molecule has 1 aliphatic heterocycles. The minimum Gasteiger partial charge on any atom is -0.352 e. The highest BCUT2D eigenvalue weighted by atomic mass is 32.2. The summed E-state index contributed by atoms with van der Waals surface area (Å²) in [6.07, 6.45) is 1.40. The molecule has 2 aromatic rings.